The summed E-state index contributed by atoms with van der Waals surface area (Å²) in [6.07, 6.45) is 7.06. The molecular weight excluding hydrogens is 338 g/mol. The third kappa shape index (κ3) is 2.75. The Morgan fingerprint density at radius 3 is 3.08 bits per heavy atom. The van der Waals surface area contributed by atoms with Gasteiger partial charge in [0.05, 0.1) is 17.8 Å². The molecule has 7 nitrogen and oxygen atoms in total. The minimum absolute atomic E-state index is 0.0832. The summed E-state index contributed by atoms with van der Waals surface area (Å²) in [5, 5.41) is 10.8. The number of rotatable bonds is 3. The quantitative estimate of drug-likeness (QED) is 0.775. The molecule has 1 fully saturated rings. The molecule has 0 bridgehead atoms. The lowest BCUT2D eigenvalue weighted by Crippen LogP contribution is -2.40. The van der Waals surface area contributed by atoms with E-state index in [-0.39, 0.29) is 5.92 Å². The van der Waals surface area contributed by atoms with Crippen LogP contribution in [0.4, 0.5) is 0 Å². The molecule has 1 aliphatic heterocycles. The zero-order valence-corrected chi connectivity index (χ0v) is 14.3. The number of piperidine rings is 1. The number of pyridine rings is 2. The molecule has 0 spiro atoms. The van der Waals surface area contributed by atoms with E-state index in [0.717, 1.165) is 34.7 Å². The van der Waals surface area contributed by atoms with Gasteiger partial charge in [-0.25, -0.2) is 22.7 Å². The van der Waals surface area contributed by atoms with Gasteiger partial charge in [0.15, 0.2) is 11.4 Å². The van der Waals surface area contributed by atoms with Crippen LogP contribution in [0.3, 0.4) is 0 Å². The monoisotopic (exact) mass is 355 g/mol. The van der Waals surface area contributed by atoms with Crippen LogP contribution < -0.4 is 0 Å². The van der Waals surface area contributed by atoms with Crippen molar-refractivity contribution in [3.8, 4) is 6.07 Å². The van der Waals surface area contributed by atoms with Crippen molar-refractivity contribution in [1.29, 1.82) is 5.26 Å². The molecule has 3 aromatic rings. The number of nitrogens with one attached hydrogen (secondary N) is 1. The van der Waals surface area contributed by atoms with Crippen molar-refractivity contribution < 1.29 is 8.42 Å². The van der Waals surface area contributed by atoms with E-state index >= 15 is 0 Å². The first-order valence-electron chi connectivity index (χ1n) is 8.15. The van der Waals surface area contributed by atoms with E-state index < -0.39 is 15.8 Å². The molecule has 0 radical (unpaired) electrons. The molecule has 128 valence electrons. The van der Waals surface area contributed by atoms with Crippen LogP contribution in [0.2, 0.25) is 0 Å². The van der Waals surface area contributed by atoms with Gasteiger partial charge < -0.3 is 4.98 Å². The highest BCUT2D eigenvalue weighted by Gasteiger charge is 2.30. The van der Waals surface area contributed by atoms with E-state index in [4.69, 9.17) is 5.26 Å². The van der Waals surface area contributed by atoms with Crippen molar-refractivity contribution >= 4 is 32.0 Å². The van der Waals surface area contributed by atoms with E-state index in [1.165, 1.54) is 4.31 Å². The molecule has 0 aliphatic carbocycles. The normalized spacial score (nSPS) is 19.2. The summed E-state index contributed by atoms with van der Waals surface area (Å²) >= 11 is 0. The van der Waals surface area contributed by atoms with Gasteiger partial charge >= 0.3 is 0 Å². The molecule has 1 atom stereocenters. The molecular formula is C17H17N5O2S. The summed E-state index contributed by atoms with van der Waals surface area (Å²) < 4.78 is 26.0. The highest BCUT2D eigenvalue weighted by Crippen LogP contribution is 2.35. The summed E-state index contributed by atoms with van der Waals surface area (Å²) in [6.45, 7) is 0.882. The second kappa shape index (κ2) is 6.10. The molecule has 0 aromatic carbocycles. The van der Waals surface area contributed by atoms with Gasteiger partial charge in [-0.2, -0.15) is 5.26 Å². The molecule has 0 amide bonds. The van der Waals surface area contributed by atoms with E-state index in [1.807, 2.05) is 18.3 Å². The van der Waals surface area contributed by atoms with Crippen molar-refractivity contribution in [1.82, 2.24) is 19.3 Å². The Labute approximate surface area is 145 Å². The van der Waals surface area contributed by atoms with Crippen molar-refractivity contribution in [3.63, 3.8) is 0 Å². The van der Waals surface area contributed by atoms with E-state index in [9.17, 15) is 8.42 Å². The Morgan fingerprint density at radius 2 is 2.24 bits per heavy atom. The Kier molecular flexibility index (Phi) is 3.90. The number of sulfonamides is 1. The minimum Gasteiger partial charge on any atom is -0.360 e. The standard InChI is InChI=1S/C17H17N5O2S/c18-5-9-25(23,24)22-8-1-2-12(11-22)13-3-6-19-15-10-21-17-14(16(13)15)4-7-20-17/h3-4,6-7,10,12,19H,1-2,8-9,11H2. The van der Waals surface area contributed by atoms with Gasteiger partial charge in [0.1, 0.15) is 0 Å². The third-order valence-corrected chi connectivity index (χ3v) is 6.40. The highest BCUT2D eigenvalue weighted by molar-refractivity contribution is 7.89. The van der Waals surface area contributed by atoms with Gasteiger partial charge in [-0.3, -0.25) is 0 Å². The number of nitrogens with zero attached hydrogens (tertiary/aromatic N) is 4. The SMILES string of the molecule is N#CCS(=O)(=O)N1CCCC(c2cc[nH]c3cnc4nccc4c23)C1. The summed E-state index contributed by atoms with van der Waals surface area (Å²) in [4.78, 5) is 11.8. The smallest absolute Gasteiger partial charge is 0.227 e. The number of aromatic nitrogens is 3. The van der Waals surface area contributed by atoms with Crippen LogP contribution >= 0.6 is 0 Å². The largest absolute Gasteiger partial charge is 0.360 e. The molecule has 4 heterocycles. The maximum absolute atomic E-state index is 12.3. The number of hydrogen-bond donors (Lipinski definition) is 1. The molecule has 1 N–H and O–H groups in total. The lowest BCUT2D eigenvalue weighted by molar-refractivity contribution is 0.317. The Bertz CT molecular complexity index is 1080. The van der Waals surface area contributed by atoms with Gasteiger partial charge in [-0.1, -0.05) is 0 Å². The van der Waals surface area contributed by atoms with Gasteiger partial charge in [-0.15, -0.1) is 0 Å². The third-order valence-electron chi connectivity index (χ3n) is 4.79. The maximum atomic E-state index is 12.3. The zero-order chi connectivity index (χ0) is 17.4. The Morgan fingerprint density at radius 1 is 1.36 bits per heavy atom. The van der Waals surface area contributed by atoms with Crippen LogP contribution in [-0.4, -0.2) is 46.5 Å². The first kappa shape index (κ1) is 16.0. The van der Waals surface area contributed by atoms with Crippen LogP contribution in [-0.2, 0) is 10.0 Å². The van der Waals surface area contributed by atoms with Gasteiger partial charge in [0, 0.05) is 36.3 Å². The van der Waals surface area contributed by atoms with E-state index in [1.54, 1.807) is 18.5 Å². The van der Waals surface area contributed by atoms with Crippen LogP contribution in [0.25, 0.3) is 21.9 Å². The molecule has 25 heavy (non-hydrogen) atoms. The van der Waals surface area contributed by atoms with Crippen LogP contribution in [0, 0.1) is 11.3 Å². The Hall–Kier alpha value is -2.50. The molecule has 0 saturated carbocycles. The topological polar surface area (TPSA) is 103 Å². The van der Waals surface area contributed by atoms with Crippen molar-refractivity contribution in [3.05, 3.63) is 36.3 Å². The number of fused-ring (bicyclic) bond motifs is 3. The molecule has 3 aromatic heterocycles. The fraction of sp³-hybridized carbons (Fsp3) is 0.353. The molecule has 1 saturated heterocycles. The average Bonchev–Trinajstić information content (AvgIpc) is 3.10. The first-order valence-corrected chi connectivity index (χ1v) is 9.76. The van der Waals surface area contributed by atoms with Crippen LogP contribution in [0.15, 0.2) is 30.7 Å². The summed E-state index contributed by atoms with van der Waals surface area (Å²) in [5.41, 5.74) is 2.71. The van der Waals surface area contributed by atoms with Crippen molar-refractivity contribution in [2.24, 2.45) is 0 Å². The highest BCUT2D eigenvalue weighted by atomic mass is 32.2. The fourth-order valence-electron chi connectivity index (χ4n) is 3.65. The number of hydrogen-bond acceptors (Lipinski definition) is 5. The number of nitriles is 1. The van der Waals surface area contributed by atoms with E-state index in [0.29, 0.717) is 18.7 Å². The van der Waals surface area contributed by atoms with Gasteiger partial charge in [0.2, 0.25) is 10.0 Å². The lowest BCUT2D eigenvalue weighted by Gasteiger charge is -2.32. The molecule has 4 rings (SSSR count). The van der Waals surface area contributed by atoms with E-state index in [2.05, 4.69) is 15.0 Å². The maximum Gasteiger partial charge on any atom is 0.227 e. The van der Waals surface area contributed by atoms with Gasteiger partial charge in [-0.05, 0) is 36.5 Å². The molecule has 8 heteroatoms. The second-order valence-corrected chi connectivity index (χ2v) is 8.24. The zero-order valence-electron chi connectivity index (χ0n) is 13.5. The molecule has 1 aliphatic rings. The number of aromatic amines is 1. The second-order valence-electron chi connectivity index (χ2n) is 6.27. The summed E-state index contributed by atoms with van der Waals surface area (Å²) in [5.74, 6) is -0.385. The molecule has 1 unspecified atom stereocenters. The first-order chi connectivity index (χ1) is 12.1. The van der Waals surface area contributed by atoms with Crippen molar-refractivity contribution in [2.75, 3.05) is 18.8 Å². The lowest BCUT2D eigenvalue weighted by atomic mass is 9.89. The van der Waals surface area contributed by atoms with Gasteiger partial charge in [0.25, 0.3) is 0 Å². The predicted octanol–water partition coefficient (Wildman–Crippen LogP) is 2.14. The summed E-state index contributed by atoms with van der Waals surface area (Å²) in [7, 11) is -3.52. The van der Waals surface area contributed by atoms with Crippen LogP contribution in [0.5, 0.6) is 0 Å². The van der Waals surface area contributed by atoms with Crippen LogP contribution in [0.1, 0.15) is 24.3 Å². The Balaban J connectivity index is 1.79. The fourth-order valence-corrected chi connectivity index (χ4v) is 4.81. The number of H-pyrrole nitrogens is 1. The summed E-state index contributed by atoms with van der Waals surface area (Å²) in [6, 6.07) is 5.71. The minimum atomic E-state index is -3.52. The predicted molar refractivity (Wildman–Crippen MR) is 94.3 cm³/mol. The average molecular weight is 355 g/mol. The van der Waals surface area contributed by atoms with Crippen molar-refractivity contribution in [2.45, 2.75) is 18.8 Å².